The van der Waals surface area contributed by atoms with Crippen molar-refractivity contribution in [2.45, 2.75) is 26.3 Å². The molecule has 2 N–H and O–H groups in total. The van der Waals surface area contributed by atoms with Crippen molar-refractivity contribution in [3.8, 4) is 0 Å². The zero-order valence-electron chi connectivity index (χ0n) is 8.37. The van der Waals surface area contributed by atoms with Crippen molar-refractivity contribution in [1.82, 2.24) is 5.32 Å². The summed E-state index contributed by atoms with van der Waals surface area (Å²) in [5.74, 6) is 0.281. The molecule has 1 amide bonds. The first-order valence-corrected chi connectivity index (χ1v) is 4.86. The van der Waals surface area contributed by atoms with Gasteiger partial charge in [0.1, 0.15) is 5.76 Å². The number of hydrogen-bond acceptors (Lipinski definition) is 3. The van der Waals surface area contributed by atoms with Gasteiger partial charge in [-0.15, -0.1) is 0 Å². The molecule has 0 radical (unpaired) electrons. The molecule has 2 unspecified atom stereocenters. The van der Waals surface area contributed by atoms with E-state index in [0.717, 1.165) is 18.7 Å². The molecule has 14 heavy (non-hydrogen) atoms. The van der Waals surface area contributed by atoms with Crippen LogP contribution < -0.4 is 5.32 Å². The van der Waals surface area contributed by atoms with Crippen LogP contribution in [0.4, 0.5) is 0 Å². The van der Waals surface area contributed by atoms with Crippen LogP contribution in [-0.4, -0.2) is 29.3 Å². The van der Waals surface area contributed by atoms with Gasteiger partial charge < -0.3 is 10.4 Å². The number of nitrogens with one attached hydrogen (secondary N) is 1. The van der Waals surface area contributed by atoms with E-state index in [-0.39, 0.29) is 17.7 Å². The van der Waals surface area contributed by atoms with Crippen molar-refractivity contribution in [1.29, 1.82) is 0 Å². The standard InChI is InChI=1S/C10H14N2O2/c1-5-3-4-11-9-7(6(2)13)10(14)12-8(5)9/h5,8,13H,3-4H2,1-2H3,(H,12,14)/b7-6+. The normalized spacial score (nSPS) is 34.7. The summed E-state index contributed by atoms with van der Waals surface area (Å²) in [5.41, 5.74) is 1.12. The number of carbonyl (C=O) groups is 1. The van der Waals surface area contributed by atoms with Gasteiger partial charge in [0.15, 0.2) is 0 Å². The van der Waals surface area contributed by atoms with Gasteiger partial charge in [-0.2, -0.15) is 0 Å². The number of carbonyl (C=O) groups excluding carboxylic acids is 1. The maximum atomic E-state index is 11.5. The third-order valence-electron chi connectivity index (χ3n) is 2.86. The maximum Gasteiger partial charge on any atom is 0.257 e. The largest absolute Gasteiger partial charge is 0.512 e. The van der Waals surface area contributed by atoms with Crippen LogP contribution in [0.3, 0.4) is 0 Å². The number of hydrogen-bond donors (Lipinski definition) is 2. The molecule has 2 rings (SSSR count). The molecule has 2 atom stereocenters. The number of allylic oxidation sites excluding steroid dienone is 1. The fourth-order valence-electron chi connectivity index (χ4n) is 2.05. The van der Waals surface area contributed by atoms with E-state index in [2.05, 4.69) is 17.2 Å². The molecular formula is C10H14N2O2. The molecule has 2 heterocycles. The summed E-state index contributed by atoms with van der Waals surface area (Å²) in [4.78, 5) is 15.8. The van der Waals surface area contributed by atoms with Gasteiger partial charge in [-0.1, -0.05) is 6.92 Å². The fraction of sp³-hybridized carbons (Fsp3) is 0.600. The lowest BCUT2D eigenvalue weighted by Crippen LogP contribution is -2.38. The van der Waals surface area contributed by atoms with Crippen molar-refractivity contribution in [2.24, 2.45) is 10.9 Å². The quantitative estimate of drug-likeness (QED) is 0.442. The number of fused-ring (bicyclic) bond motifs is 1. The summed E-state index contributed by atoms with van der Waals surface area (Å²) < 4.78 is 0. The molecule has 0 aromatic carbocycles. The van der Waals surface area contributed by atoms with Crippen LogP contribution in [0, 0.1) is 5.92 Å². The van der Waals surface area contributed by atoms with Crippen molar-refractivity contribution in [3.63, 3.8) is 0 Å². The van der Waals surface area contributed by atoms with Gasteiger partial charge in [-0.05, 0) is 19.3 Å². The lowest BCUT2D eigenvalue weighted by atomic mass is 9.91. The van der Waals surface area contributed by atoms with Crippen LogP contribution in [0.25, 0.3) is 0 Å². The molecule has 1 saturated heterocycles. The van der Waals surface area contributed by atoms with E-state index in [1.165, 1.54) is 6.92 Å². The Bertz CT molecular complexity index is 340. The van der Waals surface area contributed by atoms with Gasteiger partial charge in [0.05, 0.1) is 17.3 Å². The second-order valence-electron chi connectivity index (χ2n) is 3.94. The van der Waals surface area contributed by atoms with E-state index in [1.54, 1.807) is 0 Å². The monoisotopic (exact) mass is 194 g/mol. The molecule has 0 spiro atoms. The summed E-state index contributed by atoms with van der Waals surface area (Å²) >= 11 is 0. The van der Waals surface area contributed by atoms with Crippen molar-refractivity contribution < 1.29 is 9.90 Å². The van der Waals surface area contributed by atoms with Gasteiger partial charge in [0.2, 0.25) is 0 Å². The van der Waals surface area contributed by atoms with E-state index >= 15 is 0 Å². The molecule has 4 heteroatoms. The second kappa shape index (κ2) is 3.12. The summed E-state index contributed by atoms with van der Waals surface area (Å²) in [6.45, 7) is 4.37. The van der Waals surface area contributed by atoms with E-state index in [0.29, 0.717) is 11.5 Å². The zero-order valence-corrected chi connectivity index (χ0v) is 8.37. The van der Waals surface area contributed by atoms with Crippen LogP contribution in [0.2, 0.25) is 0 Å². The fourth-order valence-corrected chi connectivity index (χ4v) is 2.05. The molecule has 0 bridgehead atoms. The second-order valence-corrected chi connectivity index (χ2v) is 3.94. The lowest BCUT2D eigenvalue weighted by molar-refractivity contribution is -0.116. The van der Waals surface area contributed by atoms with E-state index < -0.39 is 0 Å². The molecule has 2 aliphatic rings. The first-order valence-electron chi connectivity index (χ1n) is 4.86. The summed E-state index contributed by atoms with van der Waals surface area (Å²) in [5, 5.41) is 12.2. The van der Waals surface area contributed by atoms with Crippen molar-refractivity contribution in [2.75, 3.05) is 6.54 Å². The van der Waals surface area contributed by atoms with Crippen molar-refractivity contribution >= 4 is 11.6 Å². The number of aliphatic imine (C=N–C) groups is 1. The smallest absolute Gasteiger partial charge is 0.257 e. The van der Waals surface area contributed by atoms with Crippen LogP contribution in [0.5, 0.6) is 0 Å². The molecule has 0 aliphatic carbocycles. The number of aliphatic hydroxyl groups excluding tert-OH is 1. The number of rotatable bonds is 0. The number of amides is 1. The Kier molecular flexibility index (Phi) is 2.06. The van der Waals surface area contributed by atoms with Gasteiger partial charge in [0, 0.05) is 6.54 Å². The summed E-state index contributed by atoms with van der Waals surface area (Å²) in [6, 6.07) is 0.00773. The predicted octanol–water partition coefficient (Wildman–Crippen LogP) is 0.798. The minimum Gasteiger partial charge on any atom is -0.512 e. The summed E-state index contributed by atoms with van der Waals surface area (Å²) in [6.07, 6.45) is 0.992. The van der Waals surface area contributed by atoms with Gasteiger partial charge >= 0.3 is 0 Å². The van der Waals surface area contributed by atoms with E-state index in [9.17, 15) is 9.90 Å². The van der Waals surface area contributed by atoms with Gasteiger partial charge in [-0.3, -0.25) is 9.79 Å². The molecule has 4 nitrogen and oxygen atoms in total. The molecule has 2 aliphatic heterocycles. The third kappa shape index (κ3) is 1.22. The third-order valence-corrected chi connectivity index (χ3v) is 2.86. The minimum absolute atomic E-state index is 0.00773. The van der Waals surface area contributed by atoms with Gasteiger partial charge in [0.25, 0.3) is 5.91 Å². The molecule has 0 saturated carbocycles. The van der Waals surface area contributed by atoms with Crippen LogP contribution in [-0.2, 0) is 4.79 Å². The average Bonchev–Trinajstić information content (AvgIpc) is 2.42. The first-order chi connectivity index (χ1) is 6.61. The Labute approximate surface area is 82.7 Å². The maximum absolute atomic E-state index is 11.5. The van der Waals surface area contributed by atoms with Crippen LogP contribution in [0.1, 0.15) is 20.3 Å². The highest BCUT2D eigenvalue weighted by Gasteiger charge is 2.39. The molecule has 0 aromatic heterocycles. The Morgan fingerprint density at radius 3 is 3.00 bits per heavy atom. The Morgan fingerprint density at radius 2 is 2.36 bits per heavy atom. The van der Waals surface area contributed by atoms with E-state index in [4.69, 9.17) is 0 Å². The molecule has 1 fully saturated rings. The summed E-state index contributed by atoms with van der Waals surface area (Å²) in [7, 11) is 0. The zero-order chi connectivity index (χ0) is 10.3. The Balaban J connectivity index is 2.44. The van der Waals surface area contributed by atoms with E-state index in [1.807, 2.05) is 0 Å². The first kappa shape index (κ1) is 9.24. The Morgan fingerprint density at radius 1 is 1.64 bits per heavy atom. The topological polar surface area (TPSA) is 61.7 Å². The van der Waals surface area contributed by atoms with Gasteiger partial charge in [-0.25, -0.2) is 0 Å². The average molecular weight is 194 g/mol. The van der Waals surface area contributed by atoms with Crippen LogP contribution in [0.15, 0.2) is 16.3 Å². The SMILES string of the molecule is C/C(O)=C1\C(=O)NC2C1=NCCC2C. The number of nitrogens with zero attached hydrogens (tertiary/aromatic N) is 1. The highest BCUT2D eigenvalue weighted by Crippen LogP contribution is 2.25. The Hall–Kier alpha value is -1.32. The lowest BCUT2D eigenvalue weighted by Gasteiger charge is -2.23. The van der Waals surface area contributed by atoms with Crippen molar-refractivity contribution in [3.05, 3.63) is 11.3 Å². The minimum atomic E-state index is -0.192. The highest BCUT2D eigenvalue weighted by atomic mass is 16.3. The molecular weight excluding hydrogens is 180 g/mol. The predicted molar refractivity (Wildman–Crippen MR) is 53.3 cm³/mol. The molecule has 76 valence electrons. The highest BCUT2D eigenvalue weighted by molar-refractivity contribution is 6.29. The molecule has 0 aromatic rings. The van der Waals surface area contributed by atoms with Crippen LogP contribution >= 0.6 is 0 Å². The number of aliphatic hydroxyl groups is 1.